The number of carbonyl (C=O) groups excluding carboxylic acids is 2. The molecule has 128 valence electrons. The first-order valence-corrected chi connectivity index (χ1v) is 7.68. The molecule has 0 heterocycles. The summed E-state index contributed by atoms with van der Waals surface area (Å²) in [4.78, 5) is 22.7. The third-order valence-corrected chi connectivity index (χ3v) is 3.20. The number of esters is 1. The summed E-state index contributed by atoms with van der Waals surface area (Å²) in [5.74, 6) is -0.341. The van der Waals surface area contributed by atoms with Crippen LogP contribution < -0.4 is 10.6 Å². The number of urea groups is 1. The number of nitrogens with one attached hydrogen (secondary N) is 2. The fourth-order valence-corrected chi connectivity index (χ4v) is 2.21. The van der Waals surface area contributed by atoms with E-state index in [0.29, 0.717) is 13.0 Å². The Labute approximate surface area is 136 Å². The molecule has 0 unspecified atom stereocenters. The molecule has 0 bridgehead atoms. The second-order valence-corrected chi connectivity index (χ2v) is 5.50. The molecule has 0 atom stereocenters. The van der Waals surface area contributed by atoms with Gasteiger partial charge in [-0.05, 0) is 43.3 Å². The Morgan fingerprint density at radius 3 is 2.70 bits per heavy atom. The number of ether oxygens (including phenoxy) is 1. The molecule has 9 heteroatoms. The van der Waals surface area contributed by atoms with E-state index in [9.17, 15) is 22.8 Å². The Bertz CT molecular complexity index is 538. The molecule has 1 aromatic carbocycles. The zero-order chi connectivity index (χ0) is 17.3. The van der Waals surface area contributed by atoms with E-state index in [4.69, 9.17) is 4.74 Å². The van der Waals surface area contributed by atoms with Crippen molar-refractivity contribution in [2.24, 2.45) is 0 Å². The molecule has 23 heavy (non-hydrogen) atoms. The van der Waals surface area contributed by atoms with Crippen LogP contribution in [0, 0.1) is 0 Å². The number of amides is 2. The molecule has 0 aliphatic rings. The van der Waals surface area contributed by atoms with Crippen molar-refractivity contribution in [1.29, 1.82) is 0 Å². The van der Waals surface area contributed by atoms with Crippen molar-refractivity contribution in [3.63, 3.8) is 0 Å². The van der Waals surface area contributed by atoms with E-state index in [1.165, 1.54) is 24.3 Å². The SMILES string of the molecule is CCOC(=O)CCCNC(=O)Nc1cccc(SC(F)(F)F)c1. The van der Waals surface area contributed by atoms with Crippen molar-refractivity contribution in [3.05, 3.63) is 24.3 Å². The minimum atomic E-state index is -4.38. The van der Waals surface area contributed by atoms with E-state index in [1.54, 1.807) is 6.92 Å². The smallest absolute Gasteiger partial charge is 0.446 e. The van der Waals surface area contributed by atoms with Crippen molar-refractivity contribution in [1.82, 2.24) is 5.32 Å². The van der Waals surface area contributed by atoms with Crippen LogP contribution in [-0.2, 0) is 9.53 Å². The van der Waals surface area contributed by atoms with Gasteiger partial charge in [-0.15, -0.1) is 0 Å². The van der Waals surface area contributed by atoms with Crippen LogP contribution in [-0.4, -0.2) is 30.7 Å². The molecule has 2 N–H and O–H groups in total. The van der Waals surface area contributed by atoms with Gasteiger partial charge in [-0.3, -0.25) is 4.79 Å². The fraction of sp³-hybridized carbons (Fsp3) is 0.429. The first kappa shape index (κ1) is 19.1. The topological polar surface area (TPSA) is 67.4 Å². The minimum Gasteiger partial charge on any atom is -0.466 e. The highest BCUT2D eigenvalue weighted by Gasteiger charge is 2.29. The number of hydrogen-bond acceptors (Lipinski definition) is 4. The third-order valence-electron chi connectivity index (χ3n) is 2.47. The Kier molecular flexibility index (Phi) is 7.73. The molecule has 0 aliphatic carbocycles. The van der Waals surface area contributed by atoms with Gasteiger partial charge in [0.05, 0.1) is 6.61 Å². The number of rotatable bonds is 7. The van der Waals surface area contributed by atoms with Gasteiger partial charge in [0, 0.05) is 23.5 Å². The Morgan fingerprint density at radius 1 is 1.30 bits per heavy atom. The highest BCUT2D eigenvalue weighted by atomic mass is 32.2. The summed E-state index contributed by atoms with van der Waals surface area (Å²) in [6.07, 6.45) is 0.599. The van der Waals surface area contributed by atoms with Gasteiger partial charge >= 0.3 is 17.5 Å². The van der Waals surface area contributed by atoms with Gasteiger partial charge in [-0.1, -0.05) is 6.07 Å². The molecule has 0 saturated heterocycles. The van der Waals surface area contributed by atoms with Gasteiger partial charge in [0.15, 0.2) is 0 Å². The summed E-state index contributed by atoms with van der Waals surface area (Å²) >= 11 is -0.252. The van der Waals surface area contributed by atoms with E-state index in [0.717, 1.165) is 0 Å². The number of benzene rings is 1. The predicted octanol–water partition coefficient (Wildman–Crippen LogP) is 3.76. The predicted molar refractivity (Wildman–Crippen MR) is 81.2 cm³/mol. The zero-order valence-electron chi connectivity index (χ0n) is 12.4. The van der Waals surface area contributed by atoms with Gasteiger partial charge in [-0.25, -0.2) is 4.79 Å². The maximum absolute atomic E-state index is 12.3. The van der Waals surface area contributed by atoms with Crippen molar-refractivity contribution < 1.29 is 27.5 Å². The van der Waals surface area contributed by atoms with Crippen molar-refractivity contribution in [3.8, 4) is 0 Å². The lowest BCUT2D eigenvalue weighted by molar-refractivity contribution is -0.143. The zero-order valence-corrected chi connectivity index (χ0v) is 13.2. The number of alkyl halides is 3. The minimum absolute atomic E-state index is 0.0161. The summed E-state index contributed by atoms with van der Waals surface area (Å²) in [6.45, 7) is 2.26. The quantitative estimate of drug-likeness (QED) is 0.446. The largest absolute Gasteiger partial charge is 0.466 e. The van der Waals surface area contributed by atoms with Crippen LogP contribution in [0.15, 0.2) is 29.2 Å². The molecule has 1 rings (SSSR count). The van der Waals surface area contributed by atoms with Crippen LogP contribution in [0.25, 0.3) is 0 Å². The lowest BCUT2D eigenvalue weighted by Gasteiger charge is -2.10. The molecule has 0 saturated carbocycles. The first-order chi connectivity index (χ1) is 10.8. The summed E-state index contributed by atoms with van der Waals surface area (Å²) in [7, 11) is 0. The lowest BCUT2D eigenvalue weighted by atomic mass is 10.3. The second-order valence-electron chi connectivity index (χ2n) is 4.37. The van der Waals surface area contributed by atoms with Crippen LogP contribution in [0.2, 0.25) is 0 Å². The number of thioether (sulfide) groups is 1. The van der Waals surface area contributed by atoms with Gasteiger partial charge in [0.2, 0.25) is 0 Å². The molecule has 5 nitrogen and oxygen atoms in total. The molecule has 0 fully saturated rings. The van der Waals surface area contributed by atoms with Crippen LogP contribution in [0.1, 0.15) is 19.8 Å². The standard InChI is InChI=1S/C14H17F3N2O3S/c1-2-22-12(20)7-4-8-18-13(21)19-10-5-3-6-11(9-10)23-14(15,16)17/h3,5-6,9H,2,4,7-8H2,1H3,(H2,18,19,21). The van der Waals surface area contributed by atoms with Crippen molar-refractivity contribution >= 4 is 29.4 Å². The number of halogens is 3. The molecule has 0 aliphatic heterocycles. The van der Waals surface area contributed by atoms with Gasteiger partial charge in [0.25, 0.3) is 0 Å². The van der Waals surface area contributed by atoms with Crippen LogP contribution >= 0.6 is 11.8 Å². The summed E-state index contributed by atoms with van der Waals surface area (Å²) in [5.41, 5.74) is -4.13. The molecular formula is C14H17F3N2O3S. The maximum Gasteiger partial charge on any atom is 0.446 e. The number of hydrogen-bond donors (Lipinski definition) is 2. The van der Waals surface area contributed by atoms with Crippen LogP contribution in [0.4, 0.5) is 23.7 Å². The molecule has 0 radical (unpaired) electrons. The molecule has 0 spiro atoms. The normalized spacial score (nSPS) is 11.0. The average Bonchev–Trinajstić information content (AvgIpc) is 2.42. The van der Waals surface area contributed by atoms with Crippen LogP contribution in [0.3, 0.4) is 0 Å². The number of anilines is 1. The Balaban J connectivity index is 2.37. The lowest BCUT2D eigenvalue weighted by Crippen LogP contribution is -2.29. The second kappa shape index (κ2) is 9.29. The summed E-state index contributed by atoms with van der Waals surface area (Å²) in [5, 5.41) is 4.94. The summed E-state index contributed by atoms with van der Waals surface area (Å²) in [6, 6.07) is 4.89. The highest BCUT2D eigenvalue weighted by Crippen LogP contribution is 2.37. The molecule has 1 aromatic rings. The van der Waals surface area contributed by atoms with Gasteiger partial charge in [-0.2, -0.15) is 13.2 Å². The molecule has 0 aromatic heterocycles. The fourth-order valence-electron chi connectivity index (χ4n) is 1.61. The summed E-state index contributed by atoms with van der Waals surface area (Å²) < 4.78 is 41.6. The third kappa shape index (κ3) is 8.97. The van der Waals surface area contributed by atoms with Crippen LogP contribution in [0.5, 0.6) is 0 Å². The van der Waals surface area contributed by atoms with E-state index >= 15 is 0 Å². The van der Waals surface area contributed by atoms with E-state index in [-0.39, 0.29) is 41.3 Å². The Hall–Kier alpha value is -1.90. The monoisotopic (exact) mass is 350 g/mol. The van der Waals surface area contributed by atoms with Crippen molar-refractivity contribution in [2.45, 2.75) is 30.2 Å². The van der Waals surface area contributed by atoms with E-state index < -0.39 is 11.5 Å². The first-order valence-electron chi connectivity index (χ1n) is 6.86. The molecular weight excluding hydrogens is 333 g/mol. The molecule has 2 amide bonds. The van der Waals surface area contributed by atoms with E-state index in [2.05, 4.69) is 10.6 Å². The highest BCUT2D eigenvalue weighted by molar-refractivity contribution is 8.00. The average molecular weight is 350 g/mol. The maximum atomic E-state index is 12.3. The number of carbonyl (C=O) groups is 2. The van der Waals surface area contributed by atoms with Gasteiger partial charge < -0.3 is 15.4 Å². The van der Waals surface area contributed by atoms with Crippen molar-refractivity contribution in [2.75, 3.05) is 18.5 Å². The van der Waals surface area contributed by atoms with Gasteiger partial charge in [0.1, 0.15) is 0 Å². The Morgan fingerprint density at radius 2 is 2.04 bits per heavy atom. The van der Waals surface area contributed by atoms with E-state index in [1.807, 2.05) is 0 Å².